The number of hydrogen-bond acceptors (Lipinski definition) is 3. The van der Waals surface area contributed by atoms with Gasteiger partial charge in [-0.3, -0.25) is 4.79 Å². The summed E-state index contributed by atoms with van der Waals surface area (Å²) in [6.07, 6.45) is 8.10. The Morgan fingerprint density at radius 2 is 1.42 bits per heavy atom. The van der Waals surface area contributed by atoms with Gasteiger partial charge in [0.15, 0.2) is 0 Å². The van der Waals surface area contributed by atoms with E-state index in [-0.39, 0.29) is 5.78 Å². The van der Waals surface area contributed by atoms with Crippen molar-refractivity contribution >= 4 is 17.7 Å². The van der Waals surface area contributed by atoms with E-state index in [2.05, 4.69) is 10.2 Å². The molecule has 0 saturated heterocycles. The molecule has 1 fully saturated rings. The van der Waals surface area contributed by atoms with E-state index < -0.39 is 0 Å². The monoisotopic (exact) mass is 318 g/mol. The molecule has 0 spiro atoms. The van der Waals surface area contributed by atoms with Crippen molar-refractivity contribution in [3.63, 3.8) is 0 Å². The molecule has 0 unspecified atom stereocenters. The SMILES string of the molecule is O=C(/C(=N/N=C/C1CCCCC1)c1ccccc1)c1ccccc1. The normalized spacial score (nSPS) is 16.4. The van der Waals surface area contributed by atoms with E-state index in [1.165, 1.54) is 32.1 Å². The standard InChI is InChI=1S/C21H22N2O/c24-21(19-14-8-3-9-15-19)20(18-12-6-2-7-13-18)23-22-16-17-10-4-1-5-11-17/h2-3,6-9,12-17H,1,4-5,10-11H2/b22-16+,23-20+. The summed E-state index contributed by atoms with van der Waals surface area (Å²) in [7, 11) is 0. The van der Waals surface area contributed by atoms with Gasteiger partial charge in [-0.2, -0.15) is 5.10 Å². The molecule has 0 N–H and O–H groups in total. The number of nitrogens with zero attached hydrogens (tertiary/aromatic N) is 2. The molecule has 24 heavy (non-hydrogen) atoms. The molecular weight excluding hydrogens is 296 g/mol. The summed E-state index contributed by atoms with van der Waals surface area (Å²) in [5.74, 6) is 0.397. The van der Waals surface area contributed by atoms with E-state index >= 15 is 0 Å². The van der Waals surface area contributed by atoms with Crippen LogP contribution in [-0.2, 0) is 0 Å². The average molecular weight is 318 g/mol. The predicted octanol–water partition coefficient (Wildman–Crippen LogP) is 4.92. The highest BCUT2D eigenvalue weighted by atomic mass is 16.1. The molecule has 0 aromatic heterocycles. The van der Waals surface area contributed by atoms with Crippen LogP contribution in [0, 0.1) is 5.92 Å². The maximum Gasteiger partial charge on any atom is 0.213 e. The Balaban J connectivity index is 1.86. The summed E-state index contributed by atoms with van der Waals surface area (Å²) in [6, 6.07) is 18.8. The molecule has 0 aliphatic heterocycles. The average Bonchev–Trinajstić information content (AvgIpc) is 2.67. The zero-order valence-electron chi connectivity index (χ0n) is 13.8. The molecule has 1 saturated carbocycles. The van der Waals surface area contributed by atoms with E-state index in [9.17, 15) is 4.79 Å². The van der Waals surface area contributed by atoms with Crippen LogP contribution in [0.1, 0.15) is 48.0 Å². The van der Waals surface area contributed by atoms with Gasteiger partial charge in [0.2, 0.25) is 5.78 Å². The Morgan fingerprint density at radius 1 is 0.833 bits per heavy atom. The molecule has 2 aromatic carbocycles. The topological polar surface area (TPSA) is 41.8 Å². The fourth-order valence-corrected chi connectivity index (χ4v) is 3.03. The summed E-state index contributed by atoms with van der Waals surface area (Å²) in [5.41, 5.74) is 1.83. The maximum atomic E-state index is 12.8. The molecule has 3 nitrogen and oxygen atoms in total. The van der Waals surface area contributed by atoms with Crippen LogP contribution >= 0.6 is 0 Å². The van der Waals surface area contributed by atoms with Gasteiger partial charge >= 0.3 is 0 Å². The summed E-state index contributed by atoms with van der Waals surface area (Å²) >= 11 is 0. The first kappa shape index (κ1) is 16.3. The van der Waals surface area contributed by atoms with Crippen LogP contribution in [0.2, 0.25) is 0 Å². The summed E-state index contributed by atoms with van der Waals surface area (Å²) in [6.45, 7) is 0. The highest BCUT2D eigenvalue weighted by molar-refractivity contribution is 6.51. The number of carbonyl (C=O) groups excluding carboxylic acids is 1. The third kappa shape index (κ3) is 4.25. The van der Waals surface area contributed by atoms with Gasteiger partial charge in [0.1, 0.15) is 5.71 Å². The van der Waals surface area contributed by atoms with E-state index in [1.807, 2.05) is 66.9 Å². The Kier molecular flexibility index (Phi) is 5.67. The second-order valence-corrected chi connectivity index (χ2v) is 6.17. The molecule has 2 aromatic rings. The number of carbonyl (C=O) groups is 1. The van der Waals surface area contributed by atoms with Crippen molar-refractivity contribution in [2.45, 2.75) is 32.1 Å². The van der Waals surface area contributed by atoms with E-state index in [0.29, 0.717) is 17.2 Å². The van der Waals surface area contributed by atoms with Crippen LogP contribution in [0.15, 0.2) is 70.9 Å². The highest BCUT2D eigenvalue weighted by Crippen LogP contribution is 2.22. The number of ketones is 1. The lowest BCUT2D eigenvalue weighted by Crippen LogP contribution is -2.15. The van der Waals surface area contributed by atoms with E-state index in [0.717, 1.165) is 5.56 Å². The second kappa shape index (κ2) is 8.34. The van der Waals surface area contributed by atoms with Crippen molar-refractivity contribution in [3.05, 3.63) is 71.8 Å². The molecular formula is C21H22N2O. The summed E-state index contributed by atoms with van der Waals surface area (Å²) in [4.78, 5) is 12.8. The fourth-order valence-electron chi connectivity index (χ4n) is 3.03. The molecule has 0 radical (unpaired) electrons. The van der Waals surface area contributed by atoms with Gasteiger partial charge < -0.3 is 0 Å². The lowest BCUT2D eigenvalue weighted by Gasteiger charge is -2.16. The first-order chi connectivity index (χ1) is 11.8. The third-order valence-corrected chi connectivity index (χ3v) is 4.38. The van der Waals surface area contributed by atoms with E-state index in [1.54, 1.807) is 0 Å². The largest absolute Gasteiger partial charge is 0.287 e. The van der Waals surface area contributed by atoms with Crippen LogP contribution in [0.5, 0.6) is 0 Å². The zero-order chi connectivity index (χ0) is 16.6. The second-order valence-electron chi connectivity index (χ2n) is 6.17. The quantitative estimate of drug-likeness (QED) is 0.438. The van der Waals surface area contributed by atoms with Gasteiger partial charge in [-0.25, -0.2) is 0 Å². The lowest BCUT2D eigenvalue weighted by molar-refractivity contribution is 0.106. The minimum Gasteiger partial charge on any atom is -0.287 e. The van der Waals surface area contributed by atoms with Crippen molar-refractivity contribution < 1.29 is 4.79 Å². The van der Waals surface area contributed by atoms with Crippen molar-refractivity contribution in [3.8, 4) is 0 Å². The number of hydrogen-bond donors (Lipinski definition) is 0. The number of rotatable bonds is 5. The Bertz CT molecular complexity index is 714. The van der Waals surface area contributed by atoms with Crippen LogP contribution in [-0.4, -0.2) is 17.7 Å². The van der Waals surface area contributed by atoms with Crippen LogP contribution in [0.25, 0.3) is 0 Å². The van der Waals surface area contributed by atoms with Crippen LogP contribution in [0.4, 0.5) is 0 Å². The van der Waals surface area contributed by atoms with Crippen molar-refractivity contribution in [1.82, 2.24) is 0 Å². The first-order valence-corrected chi connectivity index (χ1v) is 8.61. The third-order valence-electron chi connectivity index (χ3n) is 4.38. The molecule has 1 aliphatic carbocycles. The smallest absolute Gasteiger partial charge is 0.213 e. The zero-order valence-corrected chi connectivity index (χ0v) is 13.8. The van der Waals surface area contributed by atoms with E-state index in [4.69, 9.17) is 0 Å². The number of benzene rings is 2. The van der Waals surface area contributed by atoms with Crippen LogP contribution in [0.3, 0.4) is 0 Å². The molecule has 1 aliphatic rings. The molecule has 0 heterocycles. The van der Waals surface area contributed by atoms with Crippen molar-refractivity contribution in [1.29, 1.82) is 0 Å². The Morgan fingerprint density at radius 3 is 2.04 bits per heavy atom. The maximum absolute atomic E-state index is 12.8. The summed E-state index contributed by atoms with van der Waals surface area (Å²) < 4.78 is 0. The molecule has 0 atom stereocenters. The lowest BCUT2D eigenvalue weighted by atomic mass is 9.90. The first-order valence-electron chi connectivity index (χ1n) is 8.61. The molecule has 0 bridgehead atoms. The molecule has 122 valence electrons. The minimum atomic E-state index is -0.0948. The molecule has 0 amide bonds. The van der Waals surface area contributed by atoms with Crippen molar-refractivity contribution in [2.24, 2.45) is 16.1 Å². The van der Waals surface area contributed by atoms with Gasteiger partial charge in [0.05, 0.1) is 0 Å². The Hall–Kier alpha value is -2.55. The van der Waals surface area contributed by atoms with Gasteiger partial charge in [-0.1, -0.05) is 79.9 Å². The van der Waals surface area contributed by atoms with Gasteiger partial charge in [-0.05, 0) is 18.8 Å². The van der Waals surface area contributed by atoms with Gasteiger partial charge in [-0.15, -0.1) is 5.10 Å². The van der Waals surface area contributed by atoms with Gasteiger partial charge in [0.25, 0.3) is 0 Å². The number of Topliss-reactive ketones (excluding diaryl/α,β-unsaturated/α-hetero) is 1. The minimum absolute atomic E-state index is 0.0948. The fraction of sp³-hybridized carbons (Fsp3) is 0.286. The highest BCUT2D eigenvalue weighted by Gasteiger charge is 2.16. The van der Waals surface area contributed by atoms with Crippen molar-refractivity contribution in [2.75, 3.05) is 0 Å². The molecule has 3 rings (SSSR count). The van der Waals surface area contributed by atoms with Crippen LogP contribution < -0.4 is 0 Å². The van der Waals surface area contributed by atoms with Gasteiger partial charge in [0, 0.05) is 17.3 Å². The predicted molar refractivity (Wildman–Crippen MR) is 98.8 cm³/mol. The Labute approximate surface area is 143 Å². The summed E-state index contributed by atoms with van der Waals surface area (Å²) in [5, 5.41) is 8.56. The molecule has 3 heteroatoms.